The van der Waals surface area contributed by atoms with Crippen LogP contribution in [-0.4, -0.2) is 107 Å². The van der Waals surface area contributed by atoms with Crippen LogP contribution >= 0.6 is 0 Å². The summed E-state index contributed by atoms with van der Waals surface area (Å²) in [5, 5.41) is 55.5. The van der Waals surface area contributed by atoms with Gasteiger partial charge in [0.2, 0.25) is 0 Å². The van der Waals surface area contributed by atoms with Crippen LogP contribution in [0, 0.1) is 53.3 Å². The van der Waals surface area contributed by atoms with Crippen LogP contribution in [0.1, 0.15) is 128 Å². The van der Waals surface area contributed by atoms with Gasteiger partial charge in [0.25, 0.3) is 0 Å². The molecular weight excluding hydrogens is 636 g/mol. The highest BCUT2D eigenvalue weighted by atomic mass is 16.5. The number of hydrogen-bond acceptors (Lipinski definition) is 9. The highest BCUT2D eigenvalue weighted by Crippen LogP contribution is 2.35. The second kappa shape index (κ2) is 26.5. The van der Waals surface area contributed by atoms with E-state index in [1.807, 2.05) is 0 Å². The number of aliphatic hydroxyl groups is 6. The van der Waals surface area contributed by atoms with E-state index in [1.54, 1.807) is 0 Å². The van der Waals surface area contributed by atoms with E-state index < -0.39 is 18.3 Å². The molecule has 6 unspecified atom stereocenters. The lowest BCUT2D eigenvalue weighted by Crippen LogP contribution is -2.28. The van der Waals surface area contributed by atoms with Gasteiger partial charge in [-0.25, -0.2) is 0 Å². The summed E-state index contributed by atoms with van der Waals surface area (Å²) in [6, 6.07) is 0. The monoisotopic (exact) mass is 707 g/mol. The Kier molecular flexibility index (Phi) is 22.9. The van der Waals surface area contributed by atoms with Gasteiger partial charge in [-0.05, 0) is 134 Å². The van der Waals surface area contributed by atoms with Gasteiger partial charge in [-0.2, -0.15) is 0 Å². The van der Waals surface area contributed by atoms with E-state index in [1.165, 1.54) is 0 Å². The van der Waals surface area contributed by atoms with Gasteiger partial charge >= 0.3 is 0 Å². The molecule has 288 valence electrons. The minimum Gasteiger partial charge on any atom is -0.394 e. The van der Waals surface area contributed by atoms with E-state index in [2.05, 4.69) is 23.7 Å². The molecule has 3 fully saturated rings. The lowest BCUT2D eigenvalue weighted by atomic mass is 9.74. The number of ether oxygens (including phenoxy) is 3. The first kappa shape index (κ1) is 43.2. The molecule has 0 saturated heterocycles. The van der Waals surface area contributed by atoms with Crippen LogP contribution in [0.15, 0.2) is 0 Å². The lowest BCUT2D eigenvalue weighted by molar-refractivity contribution is 0.0183. The molecular formula is C41H70O9. The molecule has 3 aliphatic rings. The van der Waals surface area contributed by atoms with Gasteiger partial charge in [0, 0.05) is 43.5 Å². The fourth-order valence-electron chi connectivity index (χ4n) is 7.53. The Bertz CT molecular complexity index is 970. The predicted octanol–water partition coefficient (Wildman–Crippen LogP) is 4.76. The molecule has 0 aliphatic heterocycles. The van der Waals surface area contributed by atoms with Gasteiger partial charge in [0.05, 0.1) is 56.9 Å². The topological polar surface area (TPSA) is 149 Å². The molecule has 9 nitrogen and oxygen atoms in total. The molecule has 50 heavy (non-hydrogen) atoms. The minimum absolute atomic E-state index is 0.170. The zero-order valence-electron chi connectivity index (χ0n) is 30.8. The van der Waals surface area contributed by atoms with E-state index in [4.69, 9.17) is 29.5 Å². The molecule has 3 rings (SSSR count). The average Bonchev–Trinajstić information content (AvgIpc) is 3.15. The van der Waals surface area contributed by atoms with Crippen LogP contribution in [0.5, 0.6) is 0 Å². The van der Waals surface area contributed by atoms with Crippen molar-refractivity contribution in [3.63, 3.8) is 0 Å². The van der Waals surface area contributed by atoms with Gasteiger partial charge in [0.15, 0.2) is 0 Å². The second-order valence-electron chi connectivity index (χ2n) is 15.2. The zero-order valence-corrected chi connectivity index (χ0v) is 30.8. The Labute approximate surface area is 302 Å². The molecule has 0 spiro atoms. The Hall–Kier alpha value is -1.24. The van der Waals surface area contributed by atoms with E-state index in [0.29, 0.717) is 80.9 Å². The highest BCUT2D eigenvalue weighted by Gasteiger charge is 2.30. The van der Waals surface area contributed by atoms with Crippen molar-refractivity contribution < 1.29 is 44.8 Å². The average molecular weight is 707 g/mol. The SMILES string of the molecule is OCC(O)CCCCOCC1CC(C#CC2CCC(OCCCCC(O)CO)CC2)CCC1C#CC1CCC(OCCCCC(O)CO)CC1. The van der Waals surface area contributed by atoms with Crippen molar-refractivity contribution in [1.82, 2.24) is 0 Å². The first-order valence-corrected chi connectivity index (χ1v) is 20.1. The lowest BCUT2D eigenvalue weighted by Gasteiger charge is -2.32. The summed E-state index contributed by atoms with van der Waals surface area (Å²) in [7, 11) is 0. The smallest absolute Gasteiger partial charge is 0.0771 e. The summed E-state index contributed by atoms with van der Waals surface area (Å²) >= 11 is 0. The Balaban J connectivity index is 1.41. The highest BCUT2D eigenvalue weighted by molar-refractivity contribution is 5.14. The van der Waals surface area contributed by atoms with Crippen molar-refractivity contribution in [3.8, 4) is 23.7 Å². The van der Waals surface area contributed by atoms with Crippen LogP contribution < -0.4 is 0 Å². The molecule has 0 heterocycles. The van der Waals surface area contributed by atoms with Gasteiger partial charge in [0.1, 0.15) is 0 Å². The molecule has 0 bridgehead atoms. The molecule has 0 aromatic carbocycles. The summed E-state index contributed by atoms with van der Waals surface area (Å²) in [6.07, 6.45) is 17.5. The van der Waals surface area contributed by atoms with Crippen LogP contribution in [0.2, 0.25) is 0 Å². The van der Waals surface area contributed by atoms with Crippen LogP contribution in [0.4, 0.5) is 0 Å². The quantitative estimate of drug-likeness (QED) is 0.0692. The normalized spacial score (nSPS) is 28.9. The molecule has 3 aliphatic carbocycles. The molecule has 0 radical (unpaired) electrons. The van der Waals surface area contributed by atoms with Crippen LogP contribution in [0.3, 0.4) is 0 Å². The third kappa shape index (κ3) is 18.5. The first-order valence-electron chi connectivity index (χ1n) is 20.1. The van der Waals surface area contributed by atoms with E-state index >= 15 is 0 Å². The summed E-state index contributed by atoms with van der Waals surface area (Å²) in [4.78, 5) is 0. The number of unbranched alkanes of at least 4 members (excludes halogenated alkanes) is 3. The predicted molar refractivity (Wildman–Crippen MR) is 195 cm³/mol. The molecule has 3 saturated carbocycles. The standard InChI is InChI=1S/C41H70O9/c42-28-37(45)7-1-4-24-48-31-36-27-34(11-10-32-14-20-40(21-15-32)49-25-5-2-8-38(46)29-43)13-19-35(36)18-12-33-16-22-41(23-17-33)50-26-6-3-9-39(47)30-44/h32-47H,1-9,13-17,19-31H2. The molecule has 6 atom stereocenters. The molecule has 0 amide bonds. The summed E-state index contributed by atoms with van der Waals surface area (Å²) in [5.74, 6) is 16.6. The molecule has 9 heteroatoms. The maximum Gasteiger partial charge on any atom is 0.0771 e. The fourth-order valence-corrected chi connectivity index (χ4v) is 7.53. The van der Waals surface area contributed by atoms with Crippen molar-refractivity contribution in [2.24, 2.45) is 29.6 Å². The number of hydrogen-bond donors (Lipinski definition) is 6. The number of aliphatic hydroxyl groups excluding tert-OH is 6. The summed E-state index contributed by atoms with van der Waals surface area (Å²) < 4.78 is 18.4. The van der Waals surface area contributed by atoms with Gasteiger partial charge < -0.3 is 44.8 Å². The molecule has 0 aromatic heterocycles. The third-order valence-electron chi connectivity index (χ3n) is 10.9. The van der Waals surface area contributed by atoms with Crippen molar-refractivity contribution in [1.29, 1.82) is 0 Å². The third-order valence-corrected chi connectivity index (χ3v) is 10.9. The van der Waals surface area contributed by atoms with Gasteiger partial charge in [-0.15, -0.1) is 0 Å². The van der Waals surface area contributed by atoms with Crippen molar-refractivity contribution >= 4 is 0 Å². The molecule has 6 N–H and O–H groups in total. The van der Waals surface area contributed by atoms with Gasteiger partial charge in [-0.3, -0.25) is 0 Å². The van der Waals surface area contributed by atoms with E-state index in [-0.39, 0.29) is 19.8 Å². The zero-order chi connectivity index (χ0) is 35.8. The van der Waals surface area contributed by atoms with Gasteiger partial charge in [-0.1, -0.05) is 23.7 Å². The maximum atomic E-state index is 9.62. The Morgan fingerprint density at radius 1 is 0.480 bits per heavy atom. The van der Waals surface area contributed by atoms with Crippen molar-refractivity contribution in [2.75, 3.05) is 46.2 Å². The maximum absolute atomic E-state index is 9.62. The second-order valence-corrected chi connectivity index (χ2v) is 15.2. The first-order chi connectivity index (χ1) is 24.4. The fraction of sp³-hybridized carbons (Fsp3) is 0.902. The number of rotatable bonds is 22. The minimum atomic E-state index is -0.641. The molecule has 0 aromatic rings. The van der Waals surface area contributed by atoms with E-state index in [0.717, 1.165) is 116 Å². The Morgan fingerprint density at radius 2 is 0.900 bits per heavy atom. The van der Waals surface area contributed by atoms with E-state index in [9.17, 15) is 15.3 Å². The largest absolute Gasteiger partial charge is 0.394 e. The Morgan fingerprint density at radius 3 is 1.38 bits per heavy atom. The van der Waals surface area contributed by atoms with Crippen LogP contribution in [-0.2, 0) is 14.2 Å². The van der Waals surface area contributed by atoms with Crippen molar-refractivity contribution in [2.45, 2.75) is 159 Å². The van der Waals surface area contributed by atoms with Crippen LogP contribution in [0.25, 0.3) is 0 Å². The summed E-state index contributed by atoms with van der Waals surface area (Å²) in [6.45, 7) is 2.25. The van der Waals surface area contributed by atoms with Crippen molar-refractivity contribution in [3.05, 3.63) is 0 Å². The summed E-state index contributed by atoms with van der Waals surface area (Å²) in [5.41, 5.74) is 0.